The summed E-state index contributed by atoms with van der Waals surface area (Å²) in [5.74, 6) is 0.486. The van der Waals surface area contributed by atoms with E-state index < -0.39 is 18.7 Å². The summed E-state index contributed by atoms with van der Waals surface area (Å²) in [4.78, 5) is 40.5. The van der Waals surface area contributed by atoms with Gasteiger partial charge in [0.2, 0.25) is 0 Å². The Balaban J connectivity index is 0.000000159. The van der Waals surface area contributed by atoms with Gasteiger partial charge in [0.1, 0.15) is 17.2 Å². The minimum Gasteiger partial charge on any atom is -0.497 e. The number of halogens is 3. The number of hydrogen-bond acceptors (Lipinski definition) is 11. The highest BCUT2D eigenvalue weighted by Gasteiger charge is 2.28. The monoisotopic (exact) mass is 987 g/mol. The quantitative estimate of drug-likeness (QED) is 0.0690. The molecule has 3 aliphatic rings. The summed E-state index contributed by atoms with van der Waals surface area (Å²) in [5, 5.41) is 18.5. The third-order valence-corrected chi connectivity index (χ3v) is 11.9. The largest absolute Gasteiger partial charge is 0.497 e. The molecule has 0 spiro atoms. The number of carbonyl (C=O) groups excluding carboxylic acids is 3. The summed E-state index contributed by atoms with van der Waals surface area (Å²) in [6.07, 6.45) is -0.857. The first kappa shape index (κ1) is 52.7. The van der Waals surface area contributed by atoms with Crippen molar-refractivity contribution in [2.75, 3.05) is 82.1 Å². The van der Waals surface area contributed by atoms with Crippen LogP contribution in [0.3, 0.4) is 0 Å². The summed E-state index contributed by atoms with van der Waals surface area (Å²) in [5.41, 5.74) is 8.13. The van der Waals surface area contributed by atoms with Gasteiger partial charge in [0.05, 0.1) is 38.7 Å². The molecule has 14 nitrogen and oxygen atoms in total. The van der Waals surface area contributed by atoms with Gasteiger partial charge in [-0.1, -0.05) is 54.1 Å². The van der Waals surface area contributed by atoms with Crippen LogP contribution in [-0.2, 0) is 9.47 Å². The molecule has 72 heavy (non-hydrogen) atoms. The number of aryl methyl sites for hydroxylation is 1. The van der Waals surface area contributed by atoms with E-state index in [1.165, 1.54) is 17.7 Å². The van der Waals surface area contributed by atoms with Crippen LogP contribution in [0.1, 0.15) is 84.4 Å². The van der Waals surface area contributed by atoms with Gasteiger partial charge in [-0.05, 0) is 134 Å². The number of hydrogen-bond donors (Lipinski definition) is 6. The number of morpholine rings is 2. The van der Waals surface area contributed by atoms with Crippen LogP contribution in [0.25, 0.3) is 0 Å². The van der Waals surface area contributed by atoms with Crippen molar-refractivity contribution in [1.82, 2.24) is 20.9 Å². The minimum absolute atomic E-state index is 0.0469. The molecular weight excluding hydrogens is 928 g/mol. The molecule has 3 unspecified atom stereocenters. The lowest BCUT2D eigenvalue weighted by Gasteiger charge is -2.24. The van der Waals surface area contributed by atoms with Crippen molar-refractivity contribution in [1.29, 1.82) is 0 Å². The zero-order valence-electron chi connectivity index (χ0n) is 40.2. The maximum Gasteiger partial charge on any atom is 0.422 e. The number of pyridine rings is 1. The number of anilines is 3. The van der Waals surface area contributed by atoms with Crippen molar-refractivity contribution in [3.05, 3.63) is 179 Å². The van der Waals surface area contributed by atoms with Gasteiger partial charge in [-0.25, -0.2) is 4.98 Å². The molecule has 5 aromatic carbocycles. The Hall–Kier alpha value is -7.15. The van der Waals surface area contributed by atoms with Gasteiger partial charge in [-0.3, -0.25) is 14.4 Å². The second kappa shape index (κ2) is 26.3. The van der Waals surface area contributed by atoms with Crippen molar-refractivity contribution in [2.45, 2.75) is 44.1 Å². The molecule has 3 saturated heterocycles. The highest BCUT2D eigenvalue weighted by Crippen LogP contribution is 2.26. The molecule has 4 heterocycles. The number of aromatic nitrogens is 1. The Morgan fingerprint density at radius 2 is 1.07 bits per heavy atom. The molecule has 6 N–H and O–H groups in total. The smallest absolute Gasteiger partial charge is 0.422 e. The van der Waals surface area contributed by atoms with E-state index in [9.17, 15) is 27.6 Å². The fraction of sp³-hybridized carbons (Fsp3) is 0.309. The van der Waals surface area contributed by atoms with E-state index in [0.717, 1.165) is 105 Å². The van der Waals surface area contributed by atoms with Crippen LogP contribution in [0, 0.1) is 6.92 Å². The molecule has 9 rings (SSSR count). The summed E-state index contributed by atoms with van der Waals surface area (Å²) in [6, 6.07) is 40.4. The first-order chi connectivity index (χ1) is 34.9. The normalized spacial score (nSPS) is 17.6. The van der Waals surface area contributed by atoms with Crippen LogP contribution in [0.5, 0.6) is 11.5 Å². The Morgan fingerprint density at radius 1 is 0.597 bits per heavy atom. The number of methoxy groups -OCH3 is 1. The molecule has 17 heteroatoms. The van der Waals surface area contributed by atoms with Crippen LogP contribution in [0.15, 0.2) is 140 Å². The van der Waals surface area contributed by atoms with E-state index in [-0.39, 0.29) is 35.5 Å². The molecule has 0 bridgehead atoms. The topological polar surface area (TPSA) is 173 Å². The first-order valence-electron chi connectivity index (χ1n) is 23.8. The lowest BCUT2D eigenvalue weighted by Crippen LogP contribution is -2.33. The van der Waals surface area contributed by atoms with Crippen LogP contribution in [0.2, 0.25) is 0 Å². The summed E-state index contributed by atoms with van der Waals surface area (Å²) in [6.45, 7) is 7.51. The summed E-state index contributed by atoms with van der Waals surface area (Å²) < 4.78 is 57.5. The van der Waals surface area contributed by atoms with E-state index in [4.69, 9.17) is 14.2 Å². The maximum absolute atomic E-state index is 12.2. The molecule has 378 valence electrons. The highest BCUT2D eigenvalue weighted by molar-refractivity contribution is 6.05. The molecule has 0 saturated carbocycles. The number of nitrogens with one attached hydrogen (secondary N) is 6. The van der Waals surface area contributed by atoms with E-state index in [2.05, 4.69) is 41.6 Å². The van der Waals surface area contributed by atoms with E-state index in [0.29, 0.717) is 22.7 Å². The molecule has 3 atom stereocenters. The van der Waals surface area contributed by atoms with Crippen LogP contribution in [-0.4, -0.2) is 95.1 Å². The van der Waals surface area contributed by atoms with Gasteiger partial charge in [0.25, 0.3) is 17.7 Å². The Kier molecular flexibility index (Phi) is 19.3. The number of rotatable bonds is 12. The van der Waals surface area contributed by atoms with Crippen LogP contribution < -0.4 is 41.4 Å². The number of piperidine rings is 1. The average Bonchev–Trinajstić information content (AvgIpc) is 3.42. The molecule has 3 aliphatic heterocycles. The van der Waals surface area contributed by atoms with Gasteiger partial charge in [0.15, 0.2) is 6.61 Å². The molecular formula is C55H60F3N7O7. The Bertz CT molecular complexity index is 2620. The third kappa shape index (κ3) is 16.5. The van der Waals surface area contributed by atoms with Gasteiger partial charge >= 0.3 is 6.18 Å². The minimum atomic E-state index is -4.42. The van der Waals surface area contributed by atoms with Crippen molar-refractivity contribution in [3.63, 3.8) is 0 Å². The van der Waals surface area contributed by atoms with E-state index in [1.54, 1.807) is 31.4 Å². The number of benzene rings is 5. The fourth-order valence-corrected chi connectivity index (χ4v) is 7.91. The lowest BCUT2D eigenvalue weighted by molar-refractivity contribution is -0.153. The predicted octanol–water partition coefficient (Wildman–Crippen LogP) is 9.26. The standard InChI is InChI=1S/C19H20F3N3O2.C18H20N2O3.C18H20N2O2/c20-19(21,22)12-27-16-7-8-17(24-11-16)18(26)25-15-5-3-13(4-6-15)14-2-1-9-23-10-14;1-22-16-8-4-14(5-9-16)18(21)20-15-6-2-13(3-7-15)17-12-19-10-11-23-17;1-13-2-4-15(5-3-13)18(21)20-16-8-6-14(7-9-16)17-12-19-10-11-22-17/h3-8,11,14,23H,1-2,9-10,12H2,(H,25,26);2-9,17,19H,10-12H2,1H3,(H,20,21);2-9,17,19H,10-12H2,1H3,(H,20,21). The first-order valence-corrected chi connectivity index (χ1v) is 23.8. The predicted molar refractivity (Wildman–Crippen MR) is 271 cm³/mol. The Labute approximate surface area is 417 Å². The average molecular weight is 988 g/mol. The molecule has 0 aliphatic carbocycles. The van der Waals surface area contributed by atoms with Crippen molar-refractivity contribution in [3.8, 4) is 11.5 Å². The molecule has 1 aromatic heterocycles. The molecule has 3 fully saturated rings. The molecule has 0 radical (unpaired) electrons. The highest BCUT2D eigenvalue weighted by atomic mass is 19.4. The van der Waals surface area contributed by atoms with Crippen LogP contribution >= 0.6 is 0 Å². The summed E-state index contributed by atoms with van der Waals surface area (Å²) in [7, 11) is 1.60. The van der Waals surface area contributed by atoms with Gasteiger partial charge < -0.3 is 50.8 Å². The van der Waals surface area contributed by atoms with E-state index >= 15 is 0 Å². The number of amides is 3. The van der Waals surface area contributed by atoms with Gasteiger partial charge in [0, 0.05) is 60.9 Å². The number of ether oxygens (including phenoxy) is 4. The zero-order valence-corrected chi connectivity index (χ0v) is 40.2. The van der Waals surface area contributed by atoms with E-state index in [1.807, 2.05) is 104 Å². The second-order valence-corrected chi connectivity index (χ2v) is 17.3. The van der Waals surface area contributed by atoms with Crippen molar-refractivity contribution >= 4 is 34.8 Å². The molecule has 6 aromatic rings. The van der Waals surface area contributed by atoms with Gasteiger partial charge in [-0.15, -0.1) is 0 Å². The lowest BCUT2D eigenvalue weighted by atomic mass is 9.92. The van der Waals surface area contributed by atoms with Gasteiger partial charge in [-0.2, -0.15) is 13.2 Å². The number of alkyl halides is 3. The number of nitrogens with zero attached hydrogens (tertiary/aromatic N) is 1. The Morgan fingerprint density at radius 3 is 1.50 bits per heavy atom. The zero-order chi connectivity index (χ0) is 50.7. The second-order valence-electron chi connectivity index (χ2n) is 17.3. The maximum atomic E-state index is 12.2. The van der Waals surface area contributed by atoms with Crippen LogP contribution in [0.4, 0.5) is 30.2 Å². The van der Waals surface area contributed by atoms with Crippen molar-refractivity contribution < 1.29 is 46.5 Å². The molecule has 3 amide bonds. The number of carbonyl (C=O) groups is 3. The fourth-order valence-electron chi connectivity index (χ4n) is 7.91. The van der Waals surface area contributed by atoms with Crippen molar-refractivity contribution in [2.24, 2.45) is 0 Å². The SMILES string of the molecule is COc1ccc(C(=O)Nc2ccc(C3CNCCO3)cc2)cc1.Cc1ccc(C(=O)Nc2ccc(C3CNCCO3)cc2)cc1.O=C(Nc1ccc(C2CCCNC2)cc1)c1ccc(OCC(F)(F)F)cn1. The summed E-state index contributed by atoms with van der Waals surface area (Å²) >= 11 is 0. The third-order valence-electron chi connectivity index (χ3n) is 11.9.